The average Bonchev–Trinajstić information content (AvgIpc) is 2.60. The molecule has 23 heavy (non-hydrogen) atoms. The second-order valence-corrected chi connectivity index (χ2v) is 5.95. The molecule has 1 aliphatic heterocycles. The predicted octanol–water partition coefficient (Wildman–Crippen LogP) is 1.94. The molecule has 1 unspecified atom stereocenters. The summed E-state index contributed by atoms with van der Waals surface area (Å²) in [6.07, 6.45) is 1.09. The van der Waals surface area contributed by atoms with Gasteiger partial charge in [-0.1, -0.05) is 36.8 Å². The number of rotatable bonds is 6. The molecule has 0 bridgehead atoms. The molecule has 1 aromatic rings. The third kappa shape index (κ3) is 5.52. The van der Waals surface area contributed by atoms with Crippen LogP contribution in [0, 0.1) is 6.92 Å². The molecule has 1 fully saturated rings. The van der Waals surface area contributed by atoms with E-state index in [4.69, 9.17) is 4.74 Å². The minimum atomic E-state index is 0.333. The van der Waals surface area contributed by atoms with E-state index in [0.29, 0.717) is 6.04 Å². The molecule has 1 aliphatic rings. The minimum absolute atomic E-state index is 0.333. The number of benzene rings is 1. The van der Waals surface area contributed by atoms with Gasteiger partial charge in [0, 0.05) is 33.2 Å². The lowest BCUT2D eigenvalue weighted by Crippen LogP contribution is -2.46. The maximum absolute atomic E-state index is 5.51. The fourth-order valence-electron chi connectivity index (χ4n) is 2.79. The van der Waals surface area contributed by atoms with Crippen LogP contribution in [0.5, 0.6) is 0 Å². The normalized spacial score (nSPS) is 17.8. The van der Waals surface area contributed by atoms with Crippen molar-refractivity contribution in [3.8, 4) is 0 Å². The molecule has 0 amide bonds. The first-order valence-corrected chi connectivity index (χ1v) is 8.57. The highest BCUT2D eigenvalue weighted by atomic mass is 16.5. The van der Waals surface area contributed by atoms with Gasteiger partial charge in [0.1, 0.15) is 0 Å². The third-order valence-electron chi connectivity index (χ3n) is 4.18. The zero-order valence-electron chi connectivity index (χ0n) is 14.6. The van der Waals surface area contributed by atoms with E-state index in [1.165, 1.54) is 11.1 Å². The van der Waals surface area contributed by atoms with Crippen LogP contribution in [0.25, 0.3) is 0 Å². The van der Waals surface area contributed by atoms with Crippen LogP contribution in [0.1, 0.15) is 30.5 Å². The standard InChI is InChI=1S/C18H30N4O/c1-4-9-20-18(19-3)21-14-17(22-10-12-23-13-11-22)16-7-5-15(2)6-8-16/h5-8,17H,4,9-14H2,1-3H3,(H2,19,20,21). The van der Waals surface area contributed by atoms with Gasteiger partial charge < -0.3 is 15.4 Å². The van der Waals surface area contributed by atoms with Crippen molar-refractivity contribution in [1.29, 1.82) is 0 Å². The van der Waals surface area contributed by atoms with Crippen LogP contribution in [-0.2, 0) is 4.74 Å². The van der Waals surface area contributed by atoms with Crippen LogP contribution in [0.3, 0.4) is 0 Å². The van der Waals surface area contributed by atoms with Crippen LogP contribution >= 0.6 is 0 Å². The fraction of sp³-hybridized carbons (Fsp3) is 0.611. The Morgan fingerprint density at radius 3 is 2.52 bits per heavy atom. The molecule has 0 aliphatic carbocycles. The highest BCUT2D eigenvalue weighted by molar-refractivity contribution is 5.79. The molecule has 2 rings (SSSR count). The summed E-state index contributed by atoms with van der Waals surface area (Å²) in [6, 6.07) is 9.18. The third-order valence-corrected chi connectivity index (χ3v) is 4.18. The zero-order valence-corrected chi connectivity index (χ0v) is 14.6. The molecule has 1 aromatic carbocycles. The summed E-state index contributed by atoms with van der Waals surface area (Å²) >= 11 is 0. The molecular formula is C18H30N4O. The van der Waals surface area contributed by atoms with Gasteiger partial charge in [0.2, 0.25) is 0 Å². The maximum atomic E-state index is 5.51. The SMILES string of the molecule is CCCNC(=NC)NCC(c1ccc(C)cc1)N1CCOCC1. The first-order chi connectivity index (χ1) is 11.2. The number of ether oxygens (including phenoxy) is 1. The number of aryl methyl sites for hydroxylation is 1. The predicted molar refractivity (Wildman–Crippen MR) is 96.0 cm³/mol. The smallest absolute Gasteiger partial charge is 0.191 e. The Morgan fingerprint density at radius 2 is 1.91 bits per heavy atom. The molecule has 1 heterocycles. The van der Waals surface area contributed by atoms with Crippen LogP contribution in [-0.4, -0.2) is 57.3 Å². The van der Waals surface area contributed by atoms with Crippen LogP contribution < -0.4 is 10.6 Å². The number of guanidine groups is 1. The molecule has 2 N–H and O–H groups in total. The van der Waals surface area contributed by atoms with Crippen molar-refractivity contribution in [2.45, 2.75) is 26.3 Å². The first kappa shape index (κ1) is 17.8. The van der Waals surface area contributed by atoms with E-state index in [1.54, 1.807) is 0 Å². The minimum Gasteiger partial charge on any atom is -0.379 e. The van der Waals surface area contributed by atoms with Gasteiger partial charge in [0.15, 0.2) is 5.96 Å². The van der Waals surface area contributed by atoms with Crippen LogP contribution in [0.4, 0.5) is 0 Å². The number of aliphatic imine (C=N–C) groups is 1. The molecule has 0 saturated carbocycles. The molecule has 1 atom stereocenters. The van der Waals surface area contributed by atoms with E-state index in [0.717, 1.165) is 51.8 Å². The van der Waals surface area contributed by atoms with Gasteiger partial charge in [-0.2, -0.15) is 0 Å². The lowest BCUT2D eigenvalue weighted by atomic mass is 10.0. The molecule has 128 valence electrons. The maximum Gasteiger partial charge on any atom is 0.191 e. The summed E-state index contributed by atoms with van der Waals surface area (Å²) in [5, 5.41) is 6.80. The van der Waals surface area contributed by atoms with Gasteiger partial charge in [0.05, 0.1) is 19.3 Å². The molecule has 0 aromatic heterocycles. The summed E-state index contributed by atoms with van der Waals surface area (Å²) < 4.78 is 5.51. The van der Waals surface area contributed by atoms with Gasteiger partial charge in [-0.25, -0.2) is 0 Å². The molecule has 5 heteroatoms. The highest BCUT2D eigenvalue weighted by Gasteiger charge is 2.22. The lowest BCUT2D eigenvalue weighted by Gasteiger charge is -2.35. The fourth-order valence-corrected chi connectivity index (χ4v) is 2.79. The van der Waals surface area contributed by atoms with E-state index >= 15 is 0 Å². The molecule has 0 radical (unpaired) electrons. The lowest BCUT2D eigenvalue weighted by molar-refractivity contribution is 0.0170. The second-order valence-electron chi connectivity index (χ2n) is 5.95. The molecule has 1 saturated heterocycles. The van der Waals surface area contributed by atoms with Crippen molar-refractivity contribution in [2.24, 2.45) is 4.99 Å². The quantitative estimate of drug-likeness (QED) is 0.622. The molecular weight excluding hydrogens is 288 g/mol. The topological polar surface area (TPSA) is 48.9 Å². The Hall–Kier alpha value is -1.59. The number of hydrogen-bond donors (Lipinski definition) is 2. The Labute approximate surface area is 140 Å². The summed E-state index contributed by atoms with van der Waals surface area (Å²) in [5.74, 6) is 0.872. The largest absolute Gasteiger partial charge is 0.379 e. The van der Waals surface area contributed by atoms with Crippen LogP contribution in [0.2, 0.25) is 0 Å². The molecule has 0 spiro atoms. The Balaban J connectivity index is 2.05. The van der Waals surface area contributed by atoms with Crippen molar-refractivity contribution < 1.29 is 4.74 Å². The van der Waals surface area contributed by atoms with E-state index in [-0.39, 0.29) is 0 Å². The Bertz CT molecular complexity index is 480. The van der Waals surface area contributed by atoms with Crippen molar-refractivity contribution in [1.82, 2.24) is 15.5 Å². The zero-order chi connectivity index (χ0) is 16.5. The Kier molecular flexibility index (Phi) is 7.36. The number of nitrogens with zero attached hydrogens (tertiary/aromatic N) is 2. The summed E-state index contributed by atoms with van der Waals surface area (Å²) in [7, 11) is 1.82. The highest BCUT2D eigenvalue weighted by Crippen LogP contribution is 2.21. The van der Waals surface area contributed by atoms with E-state index in [2.05, 4.69) is 58.6 Å². The van der Waals surface area contributed by atoms with Gasteiger partial charge in [0.25, 0.3) is 0 Å². The summed E-state index contributed by atoms with van der Waals surface area (Å²) in [6.45, 7) is 9.63. The van der Waals surface area contributed by atoms with Crippen molar-refractivity contribution in [3.63, 3.8) is 0 Å². The van der Waals surface area contributed by atoms with Crippen molar-refractivity contribution in [3.05, 3.63) is 35.4 Å². The summed E-state index contributed by atoms with van der Waals surface area (Å²) in [4.78, 5) is 6.80. The van der Waals surface area contributed by atoms with E-state index in [1.807, 2.05) is 7.05 Å². The first-order valence-electron chi connectivity index (χ1n) is 8.57. The molecule has 5 nitrogen and oxygen atoms in total. The number of nitrogens with one attached hydrogen (secondary N) is 2. The van der Waals surface area contributed by atoms with Gasteiger partial charge in [-0.05, 0) is 18.9 Å². The monoisotopic (exact) mass is 318 g/mol. The van der Waals surface area contributed by atoms with Crippen molar-refractivity contribution >= 4 is 5.96 Å². The van der Waals surface area contributed by atoms with Crippen LogP contribution in [0.15, 0.2) is 29.3 Å². The summed E-state index contributed by atoms with van der Waals surface area (Å²) in [5.41, 5.74) is 2.64. The van der Waals surface area contributed by atoms with Gasteiger partial charge in [-0.15, -0.1) is 0 Å². The number of morpholine rings is 1. The van der Waals surface area contributed by atoms with Gasteiger partial charge in [-0.3, -0.25) is 9.89 Å². The van der Waals surface area contributed by atoms with E-state index < -0.39 is 0 Å². The number of hydrogen-bond acceptors (Lipinski definition) is 3. The second kappa shape index (κ2) is 9.53. The van der Waals surface area contributed by atoms with Crippen molar-refractivity contribution in [2.75, 3.05) is 46.4 Å². The Morgan fingerprint density at radius 1 is 1.22 bits per heavy atom. The average molecular weight is 318 g/mol. The van der Waals surface area contributed by atoms with E-state index in [9.17, 15) is 0 Å². The van der Waals surface area contributed by atoms with Gasteiger partial charge >= 0.3 is 0 Å².